The van der Waals surface area contributed by atoms with Crippen LogP contribution < -0.4 is 10.6 Å². The molecule has 5 rings (SSSR count). The molecule has 0 bridgehead atoms. The van der Waals surface area contributed by atoms with Crippen LogP contribution in [0.25, 0.3) is 0 Å². The van der Waals surface area contributed by atoms with Crippen LogP contribution >= 0.6 is 141 Å². The van der Waals surface area contributed by atoms with Crippen molar-refractivity contribution in [2.75, 3.05) is 33.6 Å². The molecular weight excluding hydrogens is 1260 g/mol. The quantitative estimate of drug-likeness (QED) is 0.0609. The first-order valence-corrected chi connectivity index (χ1v) is 44.0. The monoisotopic (exact) mass is 1370 g/mol. The number of carbonyl (C=O) groups excluding carboxylic acids is 2. The molecule has 4 nitrogen and oxygen atoms in total. The van der Waals surface area contributed by atoms with Crippen LogP contribution in [0.3, 0.4) is 0 Å². The Morgan fingerprint density at radius 3 is 0.738 bits per heavy atom. The van der Waals surface area contributed by atoms with E-state index in [-0.39, 0.29) is 11.8 Å². The molecule has 16 heteroatoms. The van der Waals surface area contributed by atoms with E-state index in [9.17, 15) is 9.59 Å². The second-order valence-electron chi connectivity index (χ2n) is 22.7. The van der Waals surface area contributed by atoms with Gasteiger partial charge in [-0.15, -0.1) is 47.0 Å². The van der Waals surface area contributed by atoms with E-state index in [2.05, 4.69) is 85.4 Å². The molecule has 2 amide bonds. The smallest absolute Gasteiger partial charge is 0.262 e. The predicted molar refractivity (Wildman–Crippen MR) is 406 cm³/mol. The van der Waals surface area contributed by atoms with Crippen LogP contribution in [-0.4, -0.2) is 34.8 Å². The van der Waals surface area contributed by atoms with Crippen molar-refractivity contribution >= 4 is 164 Å². The Kier molecular flexibility index (Phi) is 45.3. The van der Waals surface area contributed by atoms with E-state index >= 15 is 0 Å². The maximum absolute atomic E-state index is 13.7. The Morgan fingerprint density at radius 2 is 0.512 bits per heavy atom. The number of carbonyl (C=O) groups is 2. The van der Waals surface area contributed by atoms with Gasteiger partial charge in [-0.3, -0.25) is 9.59 Å². The van der Waals surface area contributed by atoms with E-state index in [1.807, 2.05) is 82.1 Å². The van der Waals surface area contributed by atoms with Crippen molar-refractivity contribution in [2.45, 2.75) is 285 Å². The molecule has 4 aliphatic rings. The highest BCUT2D eigenvalue weighted by atomic mass is 32.3. The molecule has 4 heterocycles. The lowest BCUT2D eigenvalue weighted by Crippen LogP contribution is -2.13. The van der Waals surface area contributed by atoms with E-state index in [0.29, 0.717) is 0 Å². The second kappa shape index (κ2) is 50.4. The minimum absolute atomic E-state index is 0.0880. The van der Waals surface area contributed by atoms with Crippen molar-refractivity contribution < 1.29 is 9.59 Å². The van der Waals surface area contributed by atoms with Gasteiger partial charge in [0.05, 0.1) is 43.7 Å². The molecule has 0 aliphatic carbocycles. The Hall–Kier alpha value is 0.800. The van der Waals surface area contributed by atoms with Gasteiger partial charge in [0.1, 0.15) is 0 Å². The SMILES string of the molecule is CCCCCCCCCCCCSC1=C(SCCCCCCCCCCCC)SC(=C2SC=C(C(=O)Nc3ccc(NC(=O)C4=CSC(=C5SC(SCCCCCCCCCCCC)=C(SCCCCCCCCCCCC)S5)S4)cc3)S2)S1. The maximum atomic E-state index is 13.7. The standard InChI is InChI=1S/C68H108N2O2S12/c1-5-9-13-17-21-25-29-33-37-41-49-73-61-62(74-50-42-38-34-30-26-22-18-14-10-6-2)82-67(81-61)65-77-53-57(79-65)59(71)69-55-45-47-56(48-46-55)70-60(72)58-54-78-66(80-58)68-83-63(75-51-43-39-35-31-27-23-19-15-11-7-3)64(84-68)76-52-44-40-36-32-28-24-20-16-12-8-4/h45-48,53-54H,5-44,49-52H2,1-4H3,(H,69,71)(H,70,72). The molecule has 474 valence electrons. The molecule has 1 aromatic carbocycles. The molecule has 1 aromatic rings. The van der Waals surface area contributed by atoms with Gasteiger partial charge >= 0.3 is 0 Å². The zero-order valence-electron chi connectivity index (χ0n) is 52.3. The zero-order valence-corrected chi connectivity index (χ0v) is 62.1. The van der Waals surface area contributed by atoms with Gasteiger partial charge in [0, 0.05) is 11.4 Å². The topological polar surface area (TPSA) is 58.2 Å². The van der Waals surface area contributed by atoms with E-state index in [1.54, 1.807) is 47.0 Å². The van der Waals surface area contributed by atoms with Crippen LogP contribution in [0.1, 0.15) is 285 Å². The van der Waals surface area contributed by atoms with Crippen LogP contribution in [0.15, 0.2) is 78.8 Å². The lowest BCUT2D eigenvalue weighted by Gasteiger charge is -2.09. The Bertz CT molecular complexity index is 1960. The van der Waals surface area contributed by atoms with Crippen molar-refractivity contribution in [1.82, 2.24) is 0 Å². The average molecular weight is 1370 g/mol. The zero-order chi connectivity index (χ0) is 59.3. The number of amides is 2. The average Bonchev–Trinajstić information content (AvgIpc) is 4.18. The lowest BCUT2D eigenvalue weighted by atomic mass is 10.1. The molecular formula is C68H108N2O2S12. The van der Waals surface area contributed by atoms with Gasteiger partial charge in [-0.25, -0.2) is 0 Å². The summed E-state index contributed by atoms with van der Waals surface area (Å²) in [6.45, 7) is 9.19. The van der Waals surface area contributed by atoms with Crippen molar-refractivity contribution in [2.24, 2.45) is 0 Å². The number of hydrogen-bond acceptors (Lipinski definition) is 14. The fourth-order valence-corrected chi connectivity index (χ4v) is 26.9. The number of hydrogen-bond donors (Lipinski definition) is 2. The van der Waals surface area contributed by atoms with Gasteiger partial charge < -0.3 is 10.6 Å². The molecule has 0 aromatic heterocycles. The molecule has 0 saturated carbocycles. The summed E-state index contributed by atoms with van der Waals surface area (Å²) in [5, 5.41) is 10.3. The first-order chi connectivity index (χ1) is 41.4. The Morgan fingerprint density at radius 1 is 0.298 bits per heavy atom. The minimum atomic E-state index is -0.0880. The van der Waals surface area contributed by atoms with Crippen molar-refractivity contribution in [1.29, 1.82) is 0 Å². The highest BCUT2D eigenvalue weighted by molar-refractivity contribution is 8.43. The van der Waals surface area contributed by atoms with Crippen LogP contribution in [0, 0.1) is 0 Å². The van der Waals surface area contributed by atoms with Crippen LogP contribution in [0.2, 0.25) is 0 Å². The highest BCUT2D eigenvalue weighted by Gasteiger charge is 2.31. The number of thioether (sulfide) groups is 12. The molecule has 0 radical (unpaired) electrons. The first kappa shape index (κ1) is 75.5. The number of nitrogens with one attached hydrogen (secondary N) is 2. The van der Waals surface area contributed by atoms with Crippen LogP contribution in [0.4, 0.5) is 11.4 Å². The van der Waals surface area contributed by atoms with Gasteiger partial charge in [0.15, 0.2) is 0 Å². The van der Waals surface area contributed by atoms with Gasteiger partial charge in [0.2, 0.25) is 0 Å². The third kappa shape index (κ3) is 33.4. The molecule has 0 saturated heterocycles. The Balaban J connectivity index is 1.04. The van der Waals surface area contributed by atoms with Crippen molar-refractivity contribution in [3.05, 3.63) is 78.8 Å². The normalized spacial score (nSPS) is 15.4. The number of rotatable bonds is 52. The van der Waals surface area contributed by atoms with Gasteiger partial charge in [0.25, 0.3) is 11.8 Å². The fourth-order valence-electron chi connectivity index (χ4n) is 9.99. The second-order valence-corrected chi connectivity index (χ2v) is 37.2. The lowest BCUT2D eigenvalue weighted by molar-refractivity contribution is -0.113. The summed E-state index contributed by atoms with van der Waals surface area (Å²) < 4.78 is 11.0. The summed E-state index contributed by atoms with van der Waals surface area (Å²) in [6, 6.07) is 7.57. The highest BCUT2D eigenvalue weighted by Crippen LogP contribution is 2.64. The van der Waals surface area contributed by atoms with Crippen molar-refractivity contribution in [3.8, 4) is 0 Å². The maximum Gasteiger partial charge on any atom is 0.262 e. The van der Waals surface area contributed by atoms with E-state index in [4.69, 9.17) is 0 Å². The Labute approximate surface area is 565 Å². The van der Waals surface area contributed by atoms with Gasteiger partial charge in [-0.05, 0) is 83.8 Å². The molecule has 0 unspecified atom stereocenters. The molecule has 84 heavy (non-hydrogen) atoms. The van der Waals surface area contributed by atoms with Crippen LogP contribution in [0.5, 0.6) is 0 Å². The third-order valence-electron chi connectivity index (χ3n) is 15.1. The molecule has 0 atom stereocenters. The summed E-state index contributed by atoms with van der Waals surface area (Å²) >= 11 is 22.6. The number of benzene rings is 1. The third-order valence-corrected chi connectivity index (χ3v) is 32.3. The minimum Gasteiger partial charge on any atom is -0.322 e. The van der Waals surface area contributed by atoms with E-state index in [0.717, 1.165) is 21.2 Å². The molecule has 2 N–H and O–H groups in total. The summed E-state index contributed by atoms with van der Waals surface area (Å²) in [6.07, 6.45) is 54.8. The number of anilines is 2. The van der Waals surface area contributed by atoms with Gasteiger partial charge in [-0.2, -0.15) is 0 Å². The van der Waals surface area contributed by atoms with Gasteiger partial charge in [-0.1, -0.05) is 353 Å². The predicted octanol–water partition coefficient (Wildman–Crippen LogP) is 28.3. The van der Waals surface area contributed by atoms with Crippen molar-refractivity contribution in [3.63, 3.8) is 0 Å². The summed E-state index contributed by atoms with van der Waals surface area (Å²) in [5.74, 6) is 4.56. The molecule has 0 spiro atoms. The summed E-state index contributed by atoms with van der Waals surface area (Å²) in [4.78, 5) is 28.9. The van der Waals surface area contributed by atoms with Crippen LogP contribution in [-0.2, 0) is 9.59 Å². The van der Waals surface area contributed by atoms with E-state index < -0.39 is 0 Å². The molecule has 0 fully saturated rings. The van der Waals surface area contributed by atoms with E-state index in [1.165, 1.54) is 314 Å². The first-order valence-electron chi connectivity index (χ1n) is 33.4. The number of unbranched alkanes of at least 4 members (excludes halogenated alkanes) is 36. The summed E-state index contributed by atoms with van der Waals surface area (Å²) in [5.41, 5.74) is 1.44. The molecule has 4 aliphatic heterocycles. The summed E-state index contributed by atoms with van der Waals surface area (Å²) in [7, 11) is 0. The fraction of sp³-hybridized carbons (Fsp3) is 0.706. The largest absolute Gasteiger partial charge is 0.322 e.